The lowest BCUT2D eigenvalue weighted by Gasteiger charge is -2.21. The Morgan fingerprint density at radius 1 is 1.53 bits per heavy atom. The molecular formula is C13H18N2O2S2. The normalized spacial score (nSPS) is 18.9. The van der Waals surface area contributed by atoms with Gasteiger partial charge in [0.15, 0.2) is 0 Å². The molecule has 1 aliphatic heterocycles. The zero-order valence-electron chi connectivity index (χ0n) is 10.8. The molecule has 0 aliphatic carbocycles. The van der Waals surface area contributed by atoms with Crippen LogP contribution in [-0.2, 0) is 0 Å². The SMILES string of the molecule is COc1cc(C(=O)NCC2CSCCS2)ccc1N. The number of amides is 1. The molecule has 1 unspecified atom stereocenters. The molecule has 2 rings (SSSR count). The summed E-state index contributed by atoms with van der Waals surface area (Å²) in [6.07, 6.45) is 0. The molecule has 1 atom stereocenters. The molecule has 1 aliphatic rings. The first-order chi connectivity index (χ1) is 9.20. The molecular weight excluding hydrogens is 280 g/mol. The maximum Gasteiger partial charge on any atom is 0.251 e. The van der Waals surface area contributed by atoms with E-state index in [0.717, 1.165) is 5.75 Å². The Morgan fingerprint density at radius 2 is 2.37 bits per heavy atom. The molecule has 19 heavy (non-hydrogen) atoms. The summed E-state index contributed by atoms with van der Waals surface area (Å²) in [5, 5.41) is 3.48. The molecule has 6 heteroatoms. The largest absolute Gasteiger partial charge is 0.495 e. The number of thioether (sulfide) groups is 2. The van der Waals surface area contributed by atoms with Gasteiger partial charge in [0.05, 0.1) is 12.8 Å². The van der Waals surface area contributed by atoms with Gasteiger partial charge in [-0.2, -0.15) is 23.5 Å². The summed E-state index contributed by atoms with van der Waals surface area (Å²) >= 11 is 3.88. The maximum atomic E-state index is 12.0. The van der Waals surface area contributed by atoms with E-state index >= 15 is 0 Å². The van der Waals surface area contributed by atoms with Crippen molar-refractivity contribution in [3.63, 3.8) is 0 Å². The fourth-order valence-corrected chi connectivity index (χ4v) is 4.43. The minimum absolute atomic E-state index is 0.0746. The van der Waals surface area contributed by atoms with E-state index in [1.54, 1.807) is 25.3 Å². The van der Waals surface area contributed by atoms with Crippen LogP contribution in [-0.4, -0.2) is 42.1 Å². The zero-order valence-corrected chi connectivity index (χ0v) is 12.5. The van der Waals surface area contributed by atoms with Crippen molar-refractivity contribution < 1.29 is 9.53 Å². The van der Waals surface area contributed by atoms with Crippen LogP contribution in [0.15, 0.2) is 18.2 Å². The highest BCUT2D eigenvalue weighted by atomic mass is 32.2. The van der Waals surface area contributed by atoms with Crippen LogP contribution in [0, 0.1) is 0 Å². The molecule has 1 amide bonds. The first-order valence-electron chi connectivity index (χ1n) is 6.11. The average molecular weight is 298 g/mol. The van der Waals surface area contributed by atoms with E-state index in [-0.39, 0.29) is 5.91 Å². The first-order valence-corrected chi connectivity index (χ1v) is 8.32. The molecule has 0 radical (unpaired) electrons. The van der Waals surface area contributed by atoms with Gasteiger partial charge in [-0.3, -0.25) is 4.79 Å². The van der Waals surface area contributed by atoms with Gasteiger partial charge >= 0.3 is 0 Å². The smallest absolute Gasteiger partial charge is 0.251 e. The molecule has 1 aromatic rings. The fraction of sp³-hybridized carbons (Fsp3) is 0.462. The number of ether oxygens (including phenoxy) is 1. The van der Waals surface area contributed by atoms with E-state index in [0.29, 0.717) is 28.8 Å². The van der Waals surface area contributed by atoms with Gasteiger partial charge in [-0.25, -0.2) is 0 Å². The summed E-state index contributed by atoms with van der Waals surface area (Å²) in [4.78, 5) is 12.0. The zero-order chi connectivity index (χ0) is 13.7. The molecule has 1 fully saturated rings. The Morgan fingerprint density at radius 3 is 3.05 bits per heavy atom. The summed E-state index contributed by atoms with van der Waals surface area (Å²) in [5.74, 6) is 3.95. The second kappa shape index (κ2) is 6.96. The molecule has 0 aromatic heterocycles. The standard InChI is InChI=1S/C13H18N2O2S2/c1-17-12-6-9(2-3-11(12)14)13(16)15-7-10-8-18-4-5-19-10/h2-3,6,10H,4-5,7-8,14H2,1H3,(H,15,16). The van der Waals surface area contributed by atoms with E-state index in [1.165, 1.54) is 11.5 Å². The highest BCUT2D eigenvalue weighted by Crippen LogP contribution is 2.24. The van der Waals surface area contributed by atoms with E-state index < -0.39 is 0 Å². The lowest BCUT2D eigenvalue weighted by molar-refractivity contribution is 0.0954. The summed E-state index contributed by atoms with van der Waals surface area (Å²) in [5.41, 5.74) is 6.85. The Balaban J connectivity index is 1.92. The second-order valence-electron chi connectivity index (χ2n) is 4.23. The predicted molar refractivity (Wildman–Crippen MR) is 83.3 cm³/mol. The molecule has 1 saturated heterocycles. The lowest BCUT2D eigenvalue weighted by Crippen LogP contribution is -2.33. The average Bonchev–Trinajstić information content (AvgIpc) is 2.46. The molecule has 0 saturated carbocycles. The van der Waals surface area contributed by atoms with E-state index in [4.69, 9.17) is 10.5 Å². The third kappa shape index (κ3) is 3.98. The van der Waals surface area contributed by atoms with Crippen LogP contribution in [0.3, 0.4) is 0 Å². The van der Waals surface area contributed by atoms with Gasteiger partial charge in [0.2, 0.25) is 0 Å². The number of carbonyl (C=O) groups is 1. The van der Waals surface area contributed by atoms with Crippen molar-refractivity contribution in [1.82, 2.24) is 5.32 Å². The first kappa shape index (κ1) is 14.4. The molecule has 0 bridgehead atoms. The topological polar surface area (TPSA) is 64.3 Å². The van der Waals surface area contributed by atoms with Crippen molar-refractivity contribution in [2.45, 2.75) is 5.25 Å². The van der Waals surface area contributed by atoms with Crippen molar-refractivity contribution in [2.75, 3.05) is 36.6 Å². The van der Waals surface area contributed by atoms with Crippen molar-refractivity contribution in [2.24, 2.45) is 0 Å². The van der Waals surface area contributed by atoms with Gasteiger partial charge < -0.3 is 15.8 Å². The number of nitrogens with one attached hydrogen (secondary N) is 1. The minimum atomic E-state index is -0.0746. The van der Waals surface area contributed by atoms with E-state index in [2.05, 4.69) is 5.32 Å². The van der Waals surface area contributed by atoms with Gasteiger partial charge in [0, 0.05) is 34.6 Å². The van der Waals surface area contributed by atoms with Crippen LogP contribution in [0.4, 0.5) is 5.69 Å². The third-order valence-electron chi connectivity index (χ3n) is 2.87. The highest BCUT2D eigenvalue weighted by Gasteiger charge is 2.16. The monoisotopic (exact) mass is 298 g/mol. The summed E-state index contributed by atoms with van der Waals surface area (Å²) < 4.78 is 5.12. The molecule has 1 aromatic carbocycles. The lowest BCUT2D eigenvalue weighted by atomic mass is 10.2. The Labute approximate surface area is 121 Å². The van der Waals surface area contributed by atoms with Gasteiger partial charge in [0.25, 0.3) is 5.91 Å². The van der Waals surface area contributed by atoms with Gasteiger partial charge in [-0.15, -0.1) is 0 Å². The summed E-state index contributed by atoms with van der Waals surface area (Å²) in [6.45, 7) is 0.711. The third-order valence-corrected chi connectivity index (χ3v) is 5.72. The number of rotatable bonds is 4. The van der Waals surface area contributed by atoms with Crippen LogP contribution < -0.4 is 15.8 Å². The molecule has 0 spiro atoms. The van der Waals surface area contributed by atoms with Crippen molar-refractivity contribution in [3.05, 3.63) is 23.8 Å². The van der Waals surface area contributed by atoms with Crippen molar-refractivity contribution in [3.8, 4) is 5.75 Å². The van der Waals surface area contributed by atoms with E-state index in [9.17, 15) is 4.79 Å². The number of anilines is 1. The number of benzene rings is 1. The highest BCUT2D eigenvalue weighted by molar-refractivity contribution is 8.06. The fourth-order valence-electron chi connectivity index (χ4n) is 1.82. The number of hydrogen-bond donors (Lipinski definition) is 2. The van der Waals surface area contributed by atoms with Gasteiger partial charge in [0.1, 0.15) is 5.75 Å². The van der Waals surface area contributed by atoms with Crippen LogP contribution in [0.5, 0.6) is 5.75 Å². The summed E-state index contributed by atoms with van der Waals surface area (Å²) in [6, 6.07) is 5.09. The van der Waals surface area contributed by atoms with Crippen LogP contribution in [0.25, 0.3) is 0 Å². The van der Waals surface area contributed by atoms with Crippen LogP contribution in [0.2, 0.25) is 0 Å². The molecule has 1 heterocycles. The van der Waals surface area contributed by atoms with Gasteiger partial charge in [-0.05, 0) is 18.2 Å². The van der Waals surface area contributed by atoms with E-state index in [1.807, 2.05) is 23.5 Å². The predicted octanol–water partition coefficient (Wildman–Crippen LogP) is 1.86. The second-order valence-corrected chi connectivity index (χ2v) is 6.79. The molecule has 104 valence electrons. The number of methoxy groups -OCH3 is 1. The van der Waals surface area contributed by atoms with Crippen LogP contribution in [0.1, 0.15) is 10.4 Å². The number of nitrogens with two attached hydrogens (primary N) is 1. The Kier molecular flexibility index (Phi) is 5.27. The van der Waals surface area contributed by atoms with Crippen molar-refractivity contribution >= 4 is 35.1 Å². The Bertz CT molecular complexity index is 448. The Hall–Kier alpha value is -1.01. The van der Waals surface area contributed by atoms with Gasteiger partial charge in [-0.1, -0.05) is 0 Å². The number of nitrogen functional groups attached to an aromatic ring is 1. The minimum Gasteiger partial charge on any atom is -0.495 e. The van der Waals surface area contributed by atoms with Crippen molar-refractivity contribution in [1.29, 1.82) is 0 Å². The maximum absolute atomic E-state index is 12.0. The molecule has 3 N–H and O–H groups in total. The quantitative estimate of drug-likeness (QED) is 0.831. The van der Waals surface area contributed by atoms with Crippen LogP contribution >= 0.6 is 23.5 Å². The molecule has 4 nitrogen and oxygen atoms in total. The summed E-state index contributed by atoms with van der Waals surface area (Å²) in [7, 11) is 1.54. The number of hydrogen-bond acceptors (Lipinski definition) is 5. The number of carbonyl (C=O) groups excluding carboxylic acids is 1.